The van der Waals surface area contributed by atoms with Crippen LogP contribution >= 0.6 is 0 Å². The van der Waals surface area contributed by atoms with Gasteiger partial charge >= 0.3 is 10.3 Å². The van der Waals surface area contributed by atoms with Crippen molar-refractivity contribution in [2.45, 2.75) is 13.3 Å². The van der Waals surface area contributed by atoms with Gasteiger partial charge < -0.3 is 5.73 Å². The van der Waals surface area contributed by atoms with E-state index in [-0.39, 0.29) is 6.54 Å². The highest BCUT2D eigenvalue weighted by atomic mass is 32.2. The first-order valence-corrected chi connectivity index (χ1v) is 5.96. The second-order valence-corrected chi connectivity index (χ2v) is 4.45. The zero-order valence-corrected chi connectivity index (χ0v) is 9.24. The zero-order valence-electron chi connectivity index (χ0n) is 8.42. The summed E-state index contributed by atoms with van der Waals surface area (Å²) in [5.74, 6) is 0. The van der Waals surface area contributed by atoms with Gasteiger partial charge in [-0.1, -0.05) is 19.1 Å². The Bertz CT molecular complexity index is 431. The van der Waals surface area contributed by atoms with E-state index < -0.39 is 10.3 Å². The molecule has 0 aromatic heterocycles. The molecule has 6 heteroatoms. The number of benzene rings is 1. The lowest BCUT2D eigenvalue weighted by Gasteiger charge is -2.21. The summed E-state index contributed by atoms with van der Waals surface area (Å²) in [5, 5.41) is 0. The molecule has 84 valence electrons. The highest BCUT2D eigenvalue weighted by Crippen LogP contribution is 2.24. The molecule has 0 unspecified atom stereocenters. The minimum absolute atomic E-state index is 0.201. The molecule has 0 radical (unpaired) electrons. The fourth-order valence-electron chi connectivity index (χ4n) is 1.28. The second kappa shape index (κ2) is 4.50. The van der Waals surface area contributed by atoms with Crippen molar-refractivity contribution in [2.24, 2.45) is 0 Å². The lowest BCUT2D eigenvalue weighted by molar-refractivity contribution is 0.477. The van der Waals surface area contributed by atoms with Gasteiger partial charge in [0.1, 0.15) is 0 Å². The Hall–Kier alpha value is -1.27. The maximum absolute atomic E-state index is 11.1. The SMILES string of the molecule is CCCN(c1ccccc1N)S(=O)(=O)O. The molecule has 0 atom stereocenters. The molecule has 3 N–H and O–H groups in total. The smallest absolute Gasteiger partial charge is 0.360 e. The molecule has 0 heterocycles. The van der Waals surface area contributed by atoms with Gasteiger partial charge in [-0.2, -0.15) is 8.42 Å². The van der Waals surface area contributed by atoms with E-state index in [9.17, 15) is 8.42 Å². The molecule has 0 fully saturated rings. The van der Waals surface area contributed by atoms with Crippen molar-refractivity contribution in [1.29, 1.82) is 0 Å². The minimum atomic E-state index is -4.25. The van der Waals surface area contributed by atoms with Gasteiger partial charge in [-0.25, -0.2) is 4.31 Å². The fraction of sp³-hybridized carbons (Fsp3) is 0.333. The van der Waals surface area contributed by atoms with Gasteiger partial charge in [-0.3, -0.25) is 4.55 Å². The maximum Gasteiger partial charge on any atom is 0.360 e. The van der Waals surface area contributed by atoms with Gasteiger partial charge in [0.05, 0.1) is 11.4 Å². The molecule has 0 aliphatic rings. The number of para-hydroxylation sites is 2. The number of hydrogen-bond acceptors (Lipinski definition) is 3. The minimum Gasteiger partial charge on any atom is -0.397 e. The van der Waals surface area contributed by atoms with Crippen LogP contribution in [0.3, 0.4) is 0 Å². The van der Waals surface area contributed by atoms with Crippen molar-refractivity contribution in [1.82, 2.24) is 0 Å². The van der Waals surface area contributed by atoms with Crippen LogP contribution in [0.5, 0.6) is 0 Å². The highest BCUT2D eigenvalue weighted by Gasteiger charge is 2.19. The molecule has 0 aliphatic carbocycles. The van der Waals surface area contributed by atoms with Gasteiger partial charge in [0, 0.05) is 6.54 Å². The molecule has 15 heavy (non-hydrogen) atoms. The van der Waals surface area contributed by atoms with Crippen molar-refractivity contribution in [2.75, 3.05) is 16.6 Å². The van der Waals surface area contributed by atoms with Crippen LogP contribution in [0, 0.1) is 0 Å². The maximum atomic E-state index is 11.1. The van der Waals surface area contributed by atoms with Gasteiger partial charge in [-0.15, -0.1) is 0 Å². The van der Waals surface area contributed by atoms with Crippen LogP contribution in [0.4, 0.5) is 11.4 Å². The molecule has 1 aromatic carbocycles. The van der Waals surface area contributed by atoms with Gasteiger partial charge in [0.25, 0.3) is 0 Å². The van der Waals surface area contributed by atoms with Crippen LogP contribution in [-0.4, -0.2) is 19.5 Å². The number of hydrogen-bond donors (Lipinski definition) is 2. The molecule has 0 bridgehead atoms. The van der Waals surface area contributed by atoms with E-state index in [4.69, 9.17) is 10.3 Å². The summed E-state index contributed by atoms with van der Waals surface area (Å²) < 4.78 is 32.1. The third kappa shape index (κ3) is 2.84. The molecule has 0 saturated heterocycles. The van der Waals surface area contributed by atoms with E-state index >= 15 is 0 Å². The Morgan fingerprint density at radius 1 is 1.40 bits per heavy atom. The van der Waals surface area contributed by atoms with Crippen molar-refractivity contribution < 1.29 is 13.0 Å². The Labute approximate surface area is 89.4 Å². The van der Waals surface area contributed by atoms with E-state index in [1.807, 2.05) is 6.92 Å². The second-order valence-electron chi connectivity index (χ2n) is 3.11. The first kappa shape index (κ1) is 11.8. The molecule has 1 rings (SSSR count). The van der Waals surface area contributed by atoms with Crippen LogP contribution in [0.1, 0.15) is 13.3 Å². The lowest BCUT2D eigenvalue weighted by atomic mass is 10.2. The van der Waals surface area contributed by atoms with Crippen molar-refractivity contribution in [3.63, 3.8) is 0 Å². The third-order valence-corrected chi connectivity index (χ3v) is 2.85. The average molecular weight is 230 g/mol. The summed E-state index contributed by atoms with van der Waals surface area (Å²) in [6, 6.07) is 6.51. The predicted molar refractivity (Wildman–Crippen MR) is 60.0 cm³/mol. The Morgan fingerprint density at radius 3 is 2.47 bits per heavy atom. The van der Waals surface area contributed by atoms with Gasteiger partial charge in [0.2, 0.25) is 0 Å². The van der Waals surface area contributed by atoms with Gasteiger partial charge in [0.15, 0.2) is 0 Å². The van der Waals surface area contributed by atoms with Crippen LogP contribution in [0.15, 0.2) is 24.3 Å². The van der Waals surface area contributed by atoms with Crippen molar-refractivity contribution >= 4 is 21.7 Å². The summed E-state index contributed by atoms with van der Waals surface area (Å²) in [4.78, 5) is 0. The monoisotopic (exact) mass is 230 g/mol. The Morgan fingerprint density at radius 2 is 2.00 bits per heavy atom. The molecule has 1 aromatic rings. The van der Waals surface area contributed by atoms with Crippen LogP contribution in [-0.2, 0) is 10.3 Å². The van der Waals surface area contributed by atoms with Crippen molar-refractivity contribution in [3.05, 3.63) is 24.3 Å². The number of nitrogen functional groups attached to an aromatic ring is 1. The van der Waals surface area contributed by atoms with Crippen molar-refractivity contribution in [3.8, 4) is 0 Å². The molecule has 0 aliphatic heterocycles. The van der Waals surface area contributed by atoms with E-state index in [0.29, 0.717) is 17.8 Å². The normalized spacial score (nSPS) is 11.3. The zero-order chi connectivity index (χ0) is 11.5. The van der Waals surface area contributed by atoms with E-state index in [2.05, 4.69) is 0 Å². The lowest BCUT2D eigenvalue weighted by Crippen LogP contribution is -2.31. The van der Waals surface area contributed by atoms with Crippen LogP contribution in [0.2, 0.25) is 0 Å². The Kier molecular flexibility index (Phi) is 3.54. The highest BCUT2D eigenvalue weighted by molar-refractivity contribution is 7.87. The van der Waals surface area contributed by atoms with Crippen LogP contribution in [0.25, 0.3) is 0 Å². The molecule has 0 spiro atoms. The number of rotatable bonds is 4. The summed E-state index contributed by atoms with van der Waals surface area (Å²) >= 11 is 0. The average Bonchev–Trinajstić information content (AvgIpc) is 2.14. The summed E-state index contributed by atoms with van der Waals surface area (Å²) in [6.45, 7) is 2.02. The molecular weight excluding hydrogens is 216 g/mol. The first-order valence-electron chi connectivity index (χ1n) is 4.56. The number of nitrogens with two attached hydrogens (primary N) is 1. The van der Waals surface area contributed by atoms with Gasteiger partial charge in [-0.05, 0) is 18.6 Å². The molecule has 0 amide bonds. The fourth-order valence-corrected chi connectivity index (χ4v) is 2.11. The Balaban J connectivity index is 3.16. The number of anilines is 2. The molecule has 0 saturated carbocycles. The summed E-state index contributed by atoms with van der Waals surface area (Å²) in [5.41, 5.74) is 6.26. The van der Waals surface area contributed by atoms with E-state index in [1.54, 1.807) is 24.3 Å². The largest absolute Gasteiger partial charge is 0.397 e. The van der Waals surface area contributed by atoms with Crippen LogP contribution < -0.4 is 10.0 Å². The predicted octanol–water partition coefficient (Wildman–Crippen LogP) is 1.29. The topological polar surface area (TPSA) is 83.6 Å². The summed E-state index contributed by atoms with van der Waals surface area (Å²) in [6.07, 6.45) is 0.591. The van der Waals surface area contributed by atoms with E-state index in [0.717, 1.165) is 4.31 Å². The third-order valence-electron chi connectivity index (χ3n) is 1.91. The molecule has 5 nitrogen and oxygen atoms in total. The first-order chi connectivity index (χ1) is 6.96. The number of nitrogens with zero attached hydrogens (tertiary/aromatic N) is 1. The summed E-state index contributed by atoms with van der Waals surface area (Å²) in [7, 11) is -4.25. The molecular formula is C9H14N2O3S. The standard InChI is InChI=1S/C9H14N2O3S/c1-2-7-11(15(12,13)14)9-6-4-3-5-8(9)10/h3-6H,2,7,10H2,1H3,(H,12,13,14). The quantitative estimate of drug-likeness (QED) is 0.603. The van der Waals surface area contributed by atoms with E-state index in [1.165, 1.54) is 0 Å².